The van der Waals surface area contributed by atoms with Gasteiger partial charge in [-0.3, -0.25) is 4.79 Å². The van der Waals surface area contributed by atoms with Crippen molar-refractivity contribution in [2.24, 2.45) is 0 Å². The first-order valence-corrected chi connectivity index (χ1v) is 6.29. The molecule has 0 saturated carbocycles. The summed E-state index contributed by atoms with van der Waals surface area (Å²) in [6.45, 7) is 0.473. The lowest BCUT2D eigenvalue weighted by Gasteiger charge is -2.16. The van der Waals surface area contributed by atoms with Crippen LogP contribution >= 0.6 is 23.2 Å². The number of benzene rings is 1. The Morgan fingerprint density at radius 1 is 1.16 bits per heavy atom. The summed E-state index contributed by atoms with van der Waals surface area (Å²) in [7, 11) is 1.70. The third-order valence-corrected chi connectivity index (χ3v) is 2.97. The second-order valence-corrected chi connectivity index (χ2v) is 4.84. The fourth-order valence-electron chi connectivity index (χ4n) is 1.55. The number of nitrogens with zero attached hydrogens (tertiary/aromatic N) is 3. The van der Waals surface area contributed by atoms with Gasteiger partial charge in [-0.25, -0.2) is 9.97 Å². The summed E-state index contributed by atoms with van der Waals surface area (Å²) in [5.41, 5.74) is 1.25. The van der Waals surface area contributed by atoms with E-state index in [1.54, 1.807) is 24.1 Å². The number of carbonyl (C=O) groups excluding carboxylic acids is 1. The van der Waals surface area contributed by atoms with Crippen LogP contribution in [0.25, 0.3) is 0 Å². The van der Waals surface area contributed by atoms with Crippen LogP contribution in [-0.2, 0) is 6.54 Å². The molecule has 0 unspecified atom stereocenters. The van der Waals surface area contributed by atoms with Gasteiger partial charge in [0.05, 0.1) is 12.4 Å². The van der Waals surface area contributed by atoms with Crippen LogP contribution in [0.1, 0.15) is 16.1 Å². The van der Waals surface area contributed by atoms with Crippen LogP contribution in [0.5, 0.6) is 0 Å². The first kappa shape index (κ1) is 13.8. The second-order valence-electron chi connectivity index (χ2n) is 4.01. The van der Waals surface area contributed by atoms with Crippen molar-refractivity contribution < 1.29 is 4.79 Å². The molecule has 1 heterocycles. The highest BCUT2D eigenvalue weighted by Crippen LogP contribution is 2.12. The molecule has 2 aromatic rings. The largest absolute Gasteiger partial charge is 0.336 e. The molecule has 6 heteroatoms. The van der Waals surface area contributed by atoms with Crippen molar-refractivity contribution in [2.75, 3.05) is 7.05 Å². The molecule has 1 aromatic heterocycles. The second kappa shape index (κ2) is 5.99. The molecule has 0 fully saturated rings. The molecular formula is C13H11Cl2N3O. The average Bonchev–Trinajstić information content (AvgIpc) is 2.41. The van der Waals surface area contributed by atoms with Gasteiger partial charge in [-0.2, -0.15) is 0 Å². The molecule has 0 N–H and O–H groups in total. The lowest BCUT2D eigenvalue weighted by atomic mass is 10.2. The molecule has 19 heavy (non-hydrogen) atoms. The van der Waals surface area contributed by atoms with Gasteiger partial charge in [-0.15, -0.1) is 0 Å². The van der Waals surface area contributed by atoms with Crippen LogP contribution in [-0.4, -0.2) is 27.8 Å². The van der Waals surface area contributed by atoms with E-state index in [0.717, 1.165) is 5.56 Å². The average molecular weight is 296 g/mol. The number of carbonyl (C=O) groups is 1. The van der Waals surface area contributed by atoms with Crippen molar-refractivity contribution in [3.8, 4) is 0 Å². The van der Waals surface area contributed by atoms with Gasteiger partial charge in [0.2, 0.25) is 0 Å². The first-order valence-electron chi connectivity index (χ1n) is 5.54. The standard InChI is InChI=1S/C13H11Cl2N3O/c1-18(8-9-2-4-10(14)5-3-9)13(19)11-6-17-12(15)7-16-11/h2-7H,8H2,1H3. The quantitative estimate of drug-likeness (QED) is 0.874. The van der Waals surface area contributed by atoms with Crippen LogP contribution < -0.4 is 0 Å². The van der Waals surface area contributed by atoms with Gasteiger partial charge in [-0.05, 0) is 17.7 Å². The smallest absolute Gasteiger partial charge is 0.274 e. The minimum Gasteiger partial charge on any atom is -0.336 e. The van der Waals surface area contributed by atoms with E-state index in [1.807, 2.05) is 12.1 Å². The van der Waals surface area contributed by atoms with Crippen molar-refractivity contribution >= 4 is 29.1 Å². The van der Waals surface area contributed by atoms with E-state index in [-0.39, 0.29) is 16.8 Å². The van der Waals surface area contributed by atoms with Crippen molar-refractivity contribution in [1.29, 1.82) is 0 Å². The van der Waals surface area contributed by atoms with Crippen LogP contribution in [0.2, 0.25) is 10.2 Å². The zero-order valence-electron chi connectivity index (χ0n) is 10.2. The minimum atomic E-state index is -0.209. The number of rotatable bonds is 3. The van der Waals surface area contributed by atoms with Gasteiger partial charge >= 0.3 is 0 Å². The zero-order chi connectivity index (χ0) is 13.8. The topological polar surface area (TPSA) is 46.1 Å². The maximum atomic E-state index is 12.1. The molecule has 0 aliphatic heterocycles. The molecule has 1 aromatic carbocycles. The van der Waals surface area contributed by atoms with Gasteiger partial charge in [0.15, 0.2) is 0 Å². The molecule has 0 atom stereocenters. The summed E-state index contributed by atoms with van der Waals surface area (Å²) >= 11 is 11.4. The fourth-order valence-corrected chi connectivity index (χ4v) is 1.78. The summed E-state index contributed by atoms with van der Waals surface area (Å²) in [5.74, 6) is -0.209. The summed E-state index contributed by atoms with van der Waals surface area (Å²) in [6, 6.07) is 7.33. The maximum Gasteiger partial charge on any atom is 0.274 e. The molecule has 0 aliphatic carbocycles. The third-order valence-electron chi connectivity index (χ3n) is 2.52. The SMILES string of the molecule is CN(Cc1ccc(Cl)cc1)C(=O)c1cnc(Cl)cn1. The molecule has 0 spiro atoms. The number of hydrogen-bond donors (Lipinski definition) is 0. The Labute approximate surface area is 121 Å². The Hall–Kier alpha value is -1.65. The molecule has 4 nitrogen and oxygen atoms in total. The Morgan fingerprint density at radius 3 is 2.42 bits per heavy atom. The predicted octanol–water partition coefficient (Wildman–Crippen LogP) is 3.06. The lowest BCUT2D eigenvalue weighted by molar-refractivity contribution is 0.0779. The van der Waals surface area contributed by atoms with Gasteiger partial charge in [-0.1, -0.05) is 35.3 Å². The van der Waals surface area contributed by atoms with E-state index in [2.05, 4.69) is 9.97 Å². The highest BCUT2D eigenvalue weighted by Gasteiger charge is 2.13. The van der Waals surface area contributed by atoms with Crippen molar-refractivity contribution in [3.63, 3.8) is 0 Å². The number of hydrogen-bond acceptors (Lipinski definition) is 3. The van der Waals surface area contributed by atoms with E-state index in [9.17, 15) is 4.79 Å². The van der Waals surface area contributed by atoms with Gasteiger partial charge < -0.3 is 4.90 Å². The molecule has 0 radical (unpaired) electrons. The first-order chi connectivity index (χ1) is 9.06. The van der Waals surface area contributed by atoms with Crippen molar-refractivity contribution in [2.45, 2.75) is 6.54 Å². The van der Waals surface area contributed by atoms with Crippen LogP contribution in [0, 0.1) is 0 Å². The molecule has 2 rings (SSSR count). The Bertz CT molecular complexity index is 569. The highest BCUT2D eigenvalue weighted by atomic mass is 35.5. The summed E-state index contributed by atoms with van der Waals surface area (Å²) in [6.07, 6.45) is 2.72. The normalized spacial score (nSPS) is 10.3. The summed E-state index contributed by atoms with van der Waals surface area (Å²) in [5, 5.41) is 0.929. The van der Waals surface area contributed by atoms with Gasteiger partial charge in [0.1, 0.15) is 10.8 Å². The Morgan fingerprint density at radius 2 is 1.84 bits per heavy atom. The molecule has 0 bridgehead atoms. The van der Waals surface area contributed by atoms with Crippen LogP contribution in [0.3, 0.4) is 0 Å². The molecular weight excluding hydrogens is 285 g/mol. The van der Waals surface area contributed by atoms with Gasteiger partial charge in [0, 0.05) is 18.6 Å². The van der Waals surface area contributed by atoms with Crippen LogP contribution in [0.15, 0.2) is 36.7 Å². The number of halogens is 2. The molecule has 0 saturated heterocycles. The Balaban J connectivity index is 2.07. The van der Waals surface area contributed by atoms with E-state index < -0.39 is 0 Å². The van der Waals surface area contributed by atoms with E-state index in [1.165, 1.54) is 12.4 Å². The minimum absolute atomic E-state index is 0.209. The molecule has 1 amide bonds. The summed E-state index contributed by atoms with van der Waals surface area (Å²) < 4.78 is 0. The molecule has 0 aliphatic rings. The van der Waals surface area contributed by atoms with Crippen molar-refractivity contribution in [1.82, 2.24) is 14.9 Å². The van der Waals surface area contributed by atoms with E-state index >= 15 is 0 Å². The maximum absolute atomic E-state index is 12.1. The van der Waals surface area contributed by atoms with Crippen LogP contribution in [0.4, 0.5) is 0 Å². The van der Waals surface area contributed by atoms with Crippen molar-refractivity contribution in [3.05, 3.63) is 58.1 Å². The fraction of sp³-hybridized carbons (Fsp3) is 0.154. The zero-order valence-corrected chi connectivity index (χ0v) is 11.7. The van der Waals surface area contributed by atoms with Gasteiger partial charge in [0.25, 0.3) is 5.91 Å². The number of aromatic nitrogens is 2. The summed E-state index contributed by atoms with van der Waals surface area (Å²) in [4.78, 5) is 21.4. The molecule has 98 valence electrons. The van der Waals surface area contributed by atoms with E-state index in [4.69, 9.17) is 23.2 Å². The highest BCUT2D eigenvalue weighted by molar-refractivity contribution is 6.30. The Kier molecular flexibility index (Phi) is 4.35. The predicted molar refractivity (Wildman–Crippen MR) is 74.3 cm³/mol. The lowest BCUT2D eigenvalue weighted by Crippen LogP contribution is -2.27. The number of amides is 1. The van der Waals surface area contributed by atoms with E-state index in [0.29, 0.717) is 11.6 Å². The monoisotopic (exact) mass is 295 g/mol. The third kappa shape index (κ3) is 3.66.